The summed E-state index contributed by atoms with van der Waals surface area (Å²) in [5.41, 5.74) is -6.21. The number of fused-ring (bicyclic) bond motifs is 4. The molecule has 0 bridgehead atoms. The van der Waals surface area contributed by atoms with Gasteiger partial charge in [0.2, 0.25) is 16.3 Å². The molecule has 4 N–H and O–H groups in total. The van der Waals surface area contributed by atoms with Crippen LogP contribution in [0.5, 0.6) is 11.5 Å². The predicted molar refractivity (Wildman–Crippen MR) is 138 cm³/mol. The molecule has 0 unspecified atom stereocenters. The Morgan fingerprint density at radius 3 is 2.21 bits per heavy atom. The van der Waals surface area contributed by atoms with Crippen molar-refractivity contribution < 1.29 is 24.9 Å². The van der Waals surface area contributed by atoms with Gasteiger partial charge in [0, 0.05) is 11.6 Å². The summed E-state index contributed by atoms with van der Waals surface area (Å²) in [5.74, 6) is -2.53. The standard InChI is InChI=1S/C27H18N2O10/c1-38-13-7-12(30)15-16(20(13)31)22(33)18-17(21(15)32)24(35)27(25(18)36)4-3-9-5-10-6-11(8-28-39-2)29-26(37)14(10)23(34)19(9)27/h5-8,34-36H,3-4H2,1-2H3,(H,29,37)/b28-8+/t27-/m0/s1. The lowest BCUT2D eigenvalue weighted by molar-refractivity contribution is 0.215. The van der Waals surface area contributed by atoms with Crippen molar-refractivity contribution in [3.8, 4) is 11.5 Å². The molecule has 4 aliphatic rings. The number of nitrogens with one attached hydrogen (secondary N) is 1. The zero-order valence-corrected chi connectivity index (χ0v) is 20.4. The predicted octanol–water partition coefficient (Wildman–Crippen LogP) is -1.51. The number of aliphatic hydroxyl groups excluding tert-OH is 2. The number of hydrogen-bond acceptors (Lipinski definition) is 11. The van der Waals surface area contributed by atoms with E-state index in [0.717, 1.165) is 13.2 Å². The largest absolute Gasteiger partial charge is 0.510 e. The molecule has 1 aromatic carbocycles. The third-order valence-electron chi connectivity index (χ3n) is 7.57. The lowest BCUT2D eigenvalue weighted by Crippen LogP contribution is -2.51. The average molecular weight is 530 g/mol. The molecule has 0 aliphatic heterocycles. The van der Waals surface area contributed by atoms with E-state index in [-0.39, 0.29) is 29.5 Å². The van der Waals surface area contributed by atoms with Crippen molar-refractivity contribution in [2.45, 2.75) is 18.3 Å². The van der Waals surface area contributed by atoms with Crippen LogP contribution in [0.25, 0.3) is 22.3 Å². The second-order valence-electron chi connectivity index (χ2n) is 9.36. The maximum Gasteiger partial charge on any atom is 0.260 e. The molecule has 12 nitrogen and oxygen atoms in total. The van der Waals surface area contributed by atoms with E-state index in [2.05, 4.69) is 15.0 Å². The molecule has 1 heterocycles. The van der Waals surface area contributed by atoms with Gasteiger partial charge in [-0.2, -0.15) is 0 Å². The number of phenolic OH excluding ortho intramolecular Hbond substituents is 1. The number of aryl methyl sites for hydroxylation is 1. The lowest BCUT2D eigenvalue weighted by atomic mass is 9.78. The smallest absolute Gasteiger partial charge is 0.260 e. The van der Waals surface area contributed by atoms with Crippen molar-refractivity contribution in [1.82, 2.24) is 4.98 Å². The van der Waals surface area contributed by atoms with Crippen molar-refractivity contribution in [2.24, 2.45) is 5.16 Å². The highest BCUT2D eigenvalue weighted by Gasteiger charge is 2.53. The summed E-state index contributed by atoms with van der Waals surface area (Å²) in [5, 5.41) is 35.3. The number of rotatable bonds is 3. The summed E-state index contributed by atoms with van der Waals surface area (Å²) in [6, 6.07) is 3.91. The Balaban J connectivity index is 1.78. The third kappa shape index (κ3) is 2.82. The number of H-pyrrole nitrogens is 1. The fraction of sp³-hybridized carbons (Fsp3) is 0.185. The monoisotopic (exact) mass is 530 g/mol. The number of aromatic amines is 1. The van der Waals surface area contributed by atoms with Gasteiger partial charge in [-0.3, -0.25) is 24.0 Å². The Labute approximate surface area is 215 Å². The quantitative estimate of drug-likeness (QED) is 0.179. The molecular formula is C27H18N2O10. The van der Waals surface area contributed by atoms with Crippen LogP contribution in [0.3, 0.4) is 0 Å². The number of aromatic nitrogens is 1. The number of aliphatic hydroxyl groups is 2. The molecule has 0 amide bonds. The van der Waals surface area contributed by atoms with E-state index in [4.69, 9.17) is 4.74 Å². The molecule has 1 spiro atoms. The van der Waals surface area contributed by atoms with Gasteiger partial charge in [-0.1, -0.05) is 11.2 Å². The zero-order valence-electron chi connectivity index (χ0n) is 20.4. The molecule has 0 saturated heterocycles. The number of nitrogens with zero attached hydrogens (tertiary/aromatic N) is 1. The first-order valence-corrected chi connectivity index (χ1v) is 11.6. The Bertz CT molecular complexity index is 2300. The Morgan fingerprint density at radius 1 is 0.897 bits per heavy atom. The highest BCUT2D eigenvalue weighted by atomic mass is 16.6. The van der Waals surface area contributed by atoms with Gasteiger partial charge < -0.3 is 29.9 Å². The minimum atomic E-state index is -1.95. The van der Waals surface area contributed by atoms with Crippen molar-refractivity contribution in [1.29, 1.82) is 0 Å². The number of methoxy groups -OCH3 is 1. The molecule has 0 radical (unpaired) electrons. The summed E-state index contributed by atoms with van der Waals surface area (Å²) in [4.78, 5) is 72.6. The lowest BCUT2D eigenvalue weighted by Gasteiger charge is -2.27. The van der Waals surface area contributed by atoms with Crippen LogP contribution in [0.2, 0.25) is 0 Å². The normalized spacial score (nSPS) is 18.0. The average Bonchev–Trinajstić information content (AvgIpc) is 3.39. The number of ether oxygens (including phenoxy) is 1. The maximum absolute atomic E-state index is 13.5. The summed E-state index contributed by atoms with van der Waals surface area (Å²) in [6.07, 6.45) is 1.35. The van der Waals surface area contributed by atoms with Crippen LogP contribution in [0.1, 0.15) is 23.2 Å². The molecule has 4 aliphatic carbocycles. The molecule has 6 rings (SSSR count). The summed E-state index contributed by atoms with van der Waals surface area (Å²) >= 11 is 0. The van der Waals surface area contributed by atoms with Gasteiger partial charge in [0.1, 0.15) is 29.8 Å². The fourth-order valence-electron chi connectivity index (χ4n) is 5.95. The van der Waals surface area contributed by atoms with Gasteiger partial charge in [-0.05, 0) is 29.9 Å². The van der Waals surface area contributed by atoms with Gasteiger partial charge in [0.15, 0.2) is 11.2 Å². The van der Waals surface area contributed by atoms with E-state index in [0.29, 0.717) is 10.9 Å². The first-order chi connectivity index (χ1) is 18.6. The highest BCUT2D eigenvalue weighted by molar-refractivity contribution is 5.96. The van der Waals surface area contributed by atoms with Gasteiger partial charge in [-0.25, -0.2) is 0 Å². The number of phenols is 1. The summed E-state index contributed by atoms with van der Waals surface area (Å²) in [7, 11) is 2.45. The second-order valence-corrected chi connectivity index (χ2v) is 9.36. The van der Waals surface area contributed by atoms with Crippen molar-refractivity contribution in [3.05, 3.63) is 107 Å². The van der Waals surface area contributed by atoms with Crippen LogP contribution in [-0.2, 0) is 16.7 Å². The van der Waals surface area contributed by atoms with Crippen molar-refractivity contribution >= 4 is 28.5 Å². The zero-order chi connectivity index (χ0) is 28.0. The molecule has 12 heteroatoms. The Hall–Kier alpha value is -5.26. The maximum atomic E-state index is 13.5. The van der Waals surface area contributed by atoms with Gasteiger partial charge in [0.25, 0.3) is 5.56 Å². The number of benzene rings is 1. The molecule has 39 heavy (non-hydrogen) atoms. The van der Waals surface area contributed by atoms with Crippen LogP contribution in [0.15, 0.2) is 47.3 Å². The summed E-state index contributed by atoms with van der Waals surface area (Å²) in [6.45, 7) is 0. The number of aromatic hydroxyl groups is 1. The fourth-order valence-corrected chi connectivity index (χ4v) is 5.95. The molecule has 0 saturated carbocycles. The molecular weight excluding hydrogens is 512 g/mol. The topological polar surface area (TPSA) is 193 Å². The first-order valence-electron chi connectivity index (χ1n) is 11.6. The van der Waals surface area contributed by atoms with E-state index >= 15 is 0 Å². The van der Waals surface area contributed by atoms with Crippen molar-refractivity contribution in [3.63, 3.8) is 0 Å². The van der Waals surface area contributed by atoms with E-state index in [1.54, 1.807) is 6.07 Å². The van der Waals surface area contributed by atoms with E-state index in [1.807, 2.05) is 0 Å². The minimum absolute atomic E-state index is 0.0601. The highest BCUT2D eigenvalue weighted by Crippen LogP contribution is 2.54. The molecule has 196 valence electrons. The minimum Gasteiger partial charge on any atom is -0.510 e. The van der Waals surface area contributed by atoms with Crippen LogP contribution in [0.4, 0.5) is 0 Å². The van der Waals surface area contributed by atoms with Crippen LogP contribution in [0, 0.1) is 10.4 Å². The number of pyridine rings is 1. The number of oxime groups is 1. The molecule has 2 aromatic rings. The van der Waals surface area contributed by atoms with E-state index in [1.165, 1.54) is 19.4 Å². The van der Waals surface area contributed by atoms with E-state index < -0.39 is 76.6 Å². The van der Waals surface area contributed by atoms with Gasteiger partial charge in [0.05, 0.1) is 45.3 Å². The SMILES string of the molecule is CO/N=C/c1cc2cc3c(c(O)c2c(=O)[nH]1)[C@@]1(CC3)C(O)=c2c(=O)c3c(=O)cc(OC)c(=O)c=3c(=O)c2=C1O. The van der Waals surface area contributed by atoms with Gasteiger partial charge in [-0.15, -0.1) is 0 Å². The van der Waals surface area contributed by atoms with Crippen LogP contribution < -0.4 is 42.4 Å². The van der Waals surface area contributed by atoms with Crippen LogP contribution in [-0.4, -0.2) is 40.7 Å². The Kier molecular flexibility index (Phi) is 4.86. The van der Waals surface area contributed by atoms with Crippen molar-refractivity contribution in [2.75, 3.05) is 14.2 Å². The molecule has 1 aromatic heterocycles. The second kappa shape index (κ2) is 7.87. The first kappa shape index (κ1) is 24.1. The summed E-state index contributed by atoms with van der Waals surface area (Å²) < 4.78 is 4.88. The Morgan fingerprint density at radius 2 is 1.56 bits per heavy atom. The third-order valence-corrected chi connectivity index (χ3v) is 7.57. The molecule has 0 fully saturated rings. The number of hydrogen-bond donors (Lipinski definition) is 4. The molecule has 1 atom stereocenters. The van der Waals surface area contributed by atoms with Crippen LogP contribution >= 0.6 is 0 Å². The van der Waals surface area contributed by atoms with Gasteiger partial charge >= 0.3 is 0 Å². The van der Waals surface area contributed by atoms with E-state index in [9.17, 15) is 39.3 Å².